The van der Waals surface area contributed by atoms with Crippen molar-refractivity contribution >= 4 is 47.3 Å². The second kappa shape index (κ2) is 6.03. The highest BCUT2D eigenvalue weighted by Gasteiger charge is 2.19. The number of hydrogen-bond donors (Lipinski definition) is 1. The van der Waals surface area contributed by atoms with Crippen LogP contribution in [0.3, 0.4) is 0 Å². The van der Waals surface area contributed by atoms with Crippen molar-refractivity contribution in [3.8, 4) is 0 Å². The minimum absolute atomic E-state index is 0.0277. The predicted octanol–water partition coefficient (Wildman–Crippen LogP) is 4.06. The number of carbonyl (C=O) groups is 1. The summed E-state index contributed by atoms with van der Waals surface area (Å²) in [5.41, 5.74) is 0.889. The third-order valence-electron chi connectivity index (χ3n) is 2.49. The van der Waals surface area contributed by atoms with Gasteiger partial charge in [-0.3, -0.25) is 4.79 Å². The van der Waals surface area contributed by atoms with Gasteiger partial charge in [0.05, 0.1) is 10.6 Å². The molecule has 0 bridgehead atoms. The SMILES string of the molecule is Cc1cc(NC(=O)CC(C)(C)C)c(Br)cc1S(=O)(=O)Cl. The molecule has 1 rings (SSSR count). The zero-order chi connectivity index (χ0) is 15.7. The number of anilines is 1. The van der Waals surface area contributed by atoms with Crippen LogP contribution in [-0.2, 0) is 13.8 Å². The largest absolute Gasteiger partial charge is 0.325 e. The summed E-state index contributed by atoms with van der Waals surface area (Å²) in [6.07, 6.45) is 0.369. The van der Waals surface area contributed by atoms with Crippen molar-refractivity contribution in [2.45, 2.75) is 39.0 Å². The first kappa shape index (κ1) is 17.5. The maximum atomic E-state index is 11.9. The van der Waals surface area contributed by atoms with Crippen LogP contribution in [0.25, 0.3) is 0 Å². The van der Waals surface area contributed by atoms with E-state index >= 15 is 0 Å². The molecular formula is C13H17BrClNO3S. The van der Waals surface area contributed by atoms with Gasteiger partial charge in [-0.2, -0.15) is 0 Å². The summed E-state index contributed by atoms with van der Waals surface area (Å²) in [5.74, 6) is -0.126. The summed E-state index contributed by atoms with van der Waals surface area (Å²) in [5, 5.41) is 2.76. The van der Waals surface area contributed by atoms with E-state index in [9.17, 15) is 13.2 Å². The van der Waals surface area contributed by atoms with E-state index in [0.717, 1.165) is 0 Å². The first-order valence-corrected chi connectivity index (χ1v) is 9.05. The van der Waals surface area contributed by atoms with Gasteiger partial charge in [-0.1, -0.05) is 20.8 Å². The minimum Gasteiger partial charge on any atom is -0.325 e. The molecule has 4 nitrogen and oxygen atoms in total. The van der Waals surface area contributed by atoms with Crippen LogP contribution in [-0.4, -0.2) is 14.3 Å². The highest BCUT2D eigenvalue weighted by Crippen LogP contribution is 2.31. The highest BCUT2D eigenvalue weighted by atomic mass is 79.9. The lowest BCUT2D eigenvalue weighted by Crippen LogP contribution is -2.20. The Morgan fingerprint density at radius 1 is 1.35 bits per heavy atom. The fourth-order valence-corrected chi connectivity index (χ4v) is 3.49. The molecule has 7 heteroatoms. The van der Waals surface area contributed by atoms with Crippen LogP contribution < -0.4 is 5.32 Å². The minimum atomic E-state index is -3.80. The maximum absolute atomic E-state index is 11.9. The van der Waals surface area contributed by atoms with Crippen molar-refractivity contribution in [1.82, 2.24) is 0 Å². The molecule has 0 aromatic heterocycles. The van der Waals surface area contributed by atoms with E-state index in [2.05, 4.69) is 21.2 Å². The molecule has 0 heterocycles. The van der Waals surface area contributed by atoms with Gasteiger partial charge in [0.25, 0.3) is 9.05 Å². The summed E-state index contributed by atoms with van der Waals surface area (Å²) >= 11 is 3.24. The van der Waals surface area contributed by atoms with Crippen LogP contribution in [0.1, 0.15) is 32.8 Å². The van der Waals surface area contributed by atoms with Crippen molar-refractivity contribution in [3.63, 3.8) is 0 Å². The van der Waals surface area contributed by atoms with Crippen LogP contribution in [0.2, 0.25) is 0 Å². The summed E-state index contributed by atoms with van der Waals surface area (Å²) in [6, 6.07) is 2.98. The van der Waals surface area contributed by atoms with Crippen molar-refractivity contribution in [1.29, 1.82) is 0 Å². The first-order chi connectivity index (χ1) is 8.90. The summed E-state index contributed by atoms with van der Waals surface area (Å²) in [4.78, 5) is 11.9. The number of benzene rings is 1. The Morgan fingerprint density at radius 3 is 2.35 bits per heavy atom. The number of hydrogen-bond acceptors (Lipinski definition) is 3. The van der Waals surface area contributed by atoms with E-state index in [0.29, 0.717) is 22.1 Å². The van der Waals surface area contributed by atoms with Gasteiger partial charge >= 0.3 is 0 Å². The van der Waals surface area contributed by atoms with Crippen LogP contribution in [0.5, 0.6) is 0 Å². The average Bonchev–Trinajstić information content (AvgIpc) is 2.18. The number of carbonyl (C=O) groups excluding carboxylic acids is 1. The van der Waals surface area contributed by atoms with E-state index in [-0.39, 0.29) is 16.2 Å². The molecule has 0 unspecified atom stereocenters. The lowest BCUT2D eigenvalue weighted by molar-refractivity contribution is -0.117. The summed E-state index contributed by atoms with van der Waals surface area (Å²) < 4.78 is 23.2. The molecule has 0 atom stereocenters. The van der Waals surface area contributed by atoms with Gasteiger partial charge in [-0.25, -0.2) is 8.42 Å². The first-order valence-electron chi connectivity index (χ1n) is 5.95. The molecule has 0 saturated heterocycles. The van der Waals surface area contributed by atoms with Gasteiger partial charge in [0, 0.05) is 21.6 Å². The molecule has 1 aromatic rings. The van der Waals surface area contributed by atoms with E-state index in [1.54, 1.807) is 13.0 Å². The molecule has 1 aromatic carbocycles. The predicted molar refractivity (Wildman–Crippen MR) is 84.6 cm³/mol. The zero-order valence-corrected chi connectivity index (χ0v) is 14.9. The highest BCUT2D eigenvalue weighted by molar-refractivity contribution is 9.10. The van der Waals surface area contributed by atoms with Gasteiger partial charge in [0.15, 0.2) is 0 Å². The van der Waals surface area contributed by atoms with E-state index < -0.39 is 9.05 Å². The molecule has 1 N–H and O–H groups in total. The molecule has 0 aliphatic heterocycles. The van der Waals surface area contributed by atoms with Crippen LogP contribution >= 0.6 is 26.6 Å². The van der Waals surface area contributed by atoms with Gasteiger partial charge < -0.3 is 5.32 Å². The maximum Gasteiger partial charge on any atom is 0.261 e. The second-order valence-corrected chi connectivity index (χ2v) is 9.21. The Hall–Kier alpha value is -0.590. The standard InChI is InChI=1S/C13H17BrClNO3S/c1-8-5-10(16-12(17)7-13(2,3)4)9(14)6-11(8)20(15,18)19/h5-6H,7H2,1-4H3,(H,16,17). The molecule has 1 amide bonds. The van der Waals surface area contributed by atoms with Crippen molar-refractivity contribution in [2.24, 2.45) is 5.41 Å². The van der Waals surface area contributed by atoms with E-state index in [1.165, 1.54) is 6.07 Å². The lowest BCUT2D eigenvalue weighted by atomic mass is 9.92. The zero-order valence-electron chi connectivity index (χ0n) is 11.8. The number of rotatable bonds is 3. The van der Waals surface area contributed by atoms with E-state index in [4.69, 9.17) is 10.7 Å². The summed E-state index contributed by atoms with van der Waals surface area (Å²) in [6.45, 7) is 7.53. The third kappa shape index (κ3) is 5.07. The fourth-order valence-electron chi connectivity index (χ4n) is 1.70. The average molecular weight is 383 g/mol. The number of aryl methyl sites for hydroxylation is 1. The molecule has 0 fully saturated rings. The van der Waals surface area contributed by atoms with Gasteiger partial charge in [0.1, 0.15) is 0 Å². The van der Waals surface area contributed by atoms with Gasteiger partial charge in [-0.15, -0.1) is 0 Å². The van der Waals surface area contributed by atoms with Crippen molar-refractivity contribution < 1.29 is 13.2 Å². The van der Waals surface area contributed by atoms with E-state index in [1.807, 2.05) is 20.8 Å². The monoisotopic (exact) mass is 381 g/mol. The third-order valence-corrected chi connectivity index (χ3v) is 4.61. The van der Waals surface area contributed by atoms with Crippen LogP contribution in [0.4, 0.5) is 5.69 Å². The smallest absolute Gasteiger partial charge is 0.261 e. The van der Waals surface area contributed by atoms with Crippen LogP contribution in [0.15, 0.2) is 21.5 Å². The Bertz CT molecular complexity index is 636. The van der Waals surface area contributed by atoms with Gasteiger partial charge in [0.2, 0.25) is 5.91 Å². The Labute approximate surface area is 132 Å². The molecule has 20 heavy (non-hydrogen) atoms. The summed E-state index contributed by atoms with van der Waals surface area (Å²) in [7, 11) is 1.54. The molecule has 0 aliphatic carbocycles. The Balaban J connectivity index is 3.05. The number of nitrogens with one attached hydrogen (secondary N) is 1. The molecule has 0 saturated carbocycles. The second-order valence-electron chi connectivity index (χ2n) is 5.82. The molecule has 0 spiro atoms. The van der Waals surface area contributed by atoms with Crippen molar-refractivity contribution in [3.05, 3.63) is 22.2 Å². The van der Waals surface area contributed by atoms with Crippen molar-refractivity contribution in [2.75, 3.05) is 5.32 Å². The number of amides is 1. The Morgan fingerprint density at radius 2 is 1.90 bits per heavy atom. The molecule has 112 valence electrons. The molecule has 0 radical (unpaired) electrons. The molecule has 0 aliphatic rings. The van der Waals surface area contributed by atoms with Gasteiger partial charge in [-0.05, 0) is 46.0 Å². The lowest BCUT2D eigenvalue weighted by Gasteiger charge is -2.18. The van der Waals surface area contributed by atoms with Crippen LogP contribution in [0, 0.1) is 12.3 Å². The Kier molecular flexibility index (Phi) is 5.27. The molecular weight excluding hydrogens is 366 g/mol. The fraction of sp³-hybridized carbons (Fsp3) is 0.462. The topological polar surface area (TPSA) is 63.2 Å². The quantitative estimate of drug-likeness (QED) is 0.802. The number of halogens is 2. The normalized spacial score (nSPS) is 12.3.